The van der Waals surface area contributed by atoms with E-state index >= 15 is 0 Å². The molecule has 132 valence electrons. The van der Waals surface area contributed by atoms with Crippen molar-refractivity contribution in [3.63, 3.8) is 0 Å². The molecule has 0 aliphatic carbocycles. The molecule has 0 fully saturated rings. The molecule has 25 heavy (non-hydrogen) atoms. The summed E-state index contributed by atoms with van der Waals surface area (Å²) >= 11 is 3.39. The van der Waals surface area contributed by atoms with E-state index in [4.69, 9.17) is 14.2 Å². The van der Waals surface area contributed by atoms with E-state index in [0.717, 1.165) is 11.3 Å². The number of nitrogens with zero attached hydrogens (tertiary/aromatic N) is 1. The van der Waals surface area contributed by atoms with Gasteiger partial charge in [-0.25, -0.2) is 5.43 Å². The molecule has 0 radical (unpaired) electrons. The van der Waals surface area contributed by atoms with Crippen LogP contribution in [-0.4, -0.2) is 32.9 Å². The molecule has 0 aromatic heterocycles. The van der Waals surface area contributed by atoms with E-state index in [1.54, 1.807) is 25.5 Å². The lowest BCUT2D eigenvalue weighted by Crippen LogP contribution is -2.18. The van der Waals surface area contributed by atoms with Crippen LogP contribution in [0, 0.1) is 0 Å². The van der Waals surface area contributed by atoms with Gasteiger partial charge in [0, 0.05) is 5.56 Å². The highest BCUT2D eigenvalue weighted by atomic mass is 79.9. The number of benzene rings is 2. The summed E-state index contributed by atoms with van der Waals surface area (Å²) in [6.45, 7) is 2.37. The maximum Gasteiger partial charge on any atom is 0.271 e. The van der Waals surface area contributed by atoms with Gasteiger partial charge in [-0.1, -0.05) is 12.1 Å². The van der Waals surface area contributed by atoms with Gasteiger partial charge in [0.25, 0.3) is 5.91 Å². The normalized spacial score (nSPS) is 10.6. The molecule has 2 aromatic rings. The van der Waals surface area contributed by atoms with Gasteiger partial charge in [-0.3, -0.25) is 4.79 Å². The molecule has 0 bridgehead atoms. The molecule has 0 atom stereocenters. The summed E-state index contributed by atoms with van der Waals surface area (Å²) in [6, 6.07) is 10.6. The average Bonchev–Trinajstić information content (AvgIpc) is 2.63. The number of hydrazone groups is 1. The first-order valence-electron chi connectivity index (χ1n) is 7.56. The molecule has 1 N–H and O–H groups in total. The lowest BCUT2D eigenvalue weighted by atomic mass is 10.2. The monoisotopic (exact) mass is 406 g/mol. The Morgan fingerprint density at radius 2 is 2.04 bits per heavy atom. The van der Waals surface area contributed by atoms with Gasteiger partial charge in [0.15, 0.2) is 11.5 Å². The Balaban J connectivity index is 2.12. The molecule has 2 aromatic carbocycles. The fraction of sp³-hybridized carbons (Fsp3) is 0.222. The highest BCUT2D eigenvalue weighted by Gasteiger charge is 2.15. The molecule has 0 aliphatic heterocycles. The van der Waals surface area contributed by atoms with Crippen molar-refractivity contribution in [2.45, 2.75) is 6.92 Å². The van der Waals surface area contributed by atoms with Crippen molar-refractivity contribution in [3.05, 3.63) is 52.0 Å². The molecule has 0 spiro atoms. The number of methoxy groups -OCH3 is 2. The van der Waals surface area contributed by atoms with Crippen molar-refractivity contribution in [2.75, 3.05) is 20.8 Å². The minimum Gasteiger partial charge on any atom is -0.497 e. The van der Waals surface area contributed by atoms with Crippen LogP contribution in [0.15, 0.2) is 46.0 Å². The van der Waals surface area contributed by atoms with Crippen LogP contribution in [0.4, 0.5) is 0 Å². The van der Waals surface area contributed by atoms with Gasteiger partial charge < -0.3 is 14.2 Å². The van der Waals surface area contributed by atoms with E-state index in [2.05, 4.69) is 26.5 Å². The first-order valence-corrected chi connectivity index (χ1v) is 8.36. The predicted molar refractivity (Wildman–Crippen MR) is 99.9 cm³/mol. The van der Waals surface area contributed by atoms with E-state index in [0.29, 0.717) is 28.1 Å². The first-order chi connectivity index (χ1) is 12.1. The highest BCUT2D eigenvalue weighted by Crippen LogP contribution is 2.36. The second-order valence-corrected chi connectivity index (χ2v) is 5.75. The van der Waals surface area contributed by atoms with Gasteiger partial charge in [-0.15, -0.1) is 0 Å². The van der Waals surface area contributed by atoms with Crippen molar-refractivity contribution < 1.29 is 19.0 Å². The molecular weight excluding hydrogens is 388 g/mol. The smallest absolute Gasteiger partial charge is 0.271 e. The third kappa shape index (κ3) is 4.96. The lowest BCUT2D eigenvalue weighted by molar-refractivity contribution is 0.0954. The number of hydrogen-bond donors (Lipinski definition) is 1. The van der Waals surface area contributed by atoms with E-state index in [1.165, 1.54) is 7.11 Å². The van der Waals surface area contributed by atoms with Gasteiger partial charge in [0.05, 0.1) is 31.5 Å². The second-order valence-electron chi connectivity index (χ2n) is 4.90. The molecular formula is C18H19BrN2O4. The van der Waals surface area contributed by atoms with Crippen LogP contribution in [0.3, 0.4) is 0 Å². The Hall–Kier alpha value is -2.54. The molecule has 7 heteroatoms. The lowest BCUT2D eigenvalue weighted by Gasteiger charge is -2.12. The fourth-order valence-electron chi connectivity index (χ4n) is 2.09. The van der Waals surface area contributed by atoms with Gasteiger partial charge in [0.1, 0.15) is 5.75 Å². The van der Waals surface area contributed by atoms with Gasteiger partial charge in [-0.2, -0.15) is 5.10 Å². The molecule has 0 aliphatic rings. The highest BCUT2D eigenvalue weighted by molar-refractivity contribution is 9.10. The van der Waals surface area contributed by atoms with Gasteiger partial charge in [-0.05, 0) is 52.7 Å². The molecule has 0 saturated carbocycles. The molecule has 0 saturated heterocycles. The Kier molecular flexibility index (Phi) is 6.82. The van der Waals surface area contributed by atoms with Crippen LogP contribution < -0.4 is 19.6 Å². The number of carbonyl (C=O) groups excluding carboxylic acids is 1. The molecule has 6 nitrogen and oxygen atoms in total. The number of amides is 1. The summed E-state index contributed by atoms with van der Waals surface area (Å²) < 4.78 is 16.6. The van der Waals surface area contributed by atoms with Crippen molar-refractivity contribution in [1.82, 2.24) is 5.43 Å². The van der Waals surface area contributed by atoms with Crippen molar-refractivity contribution >= 4 is 28.1 Å². The van der Waals surface area contributed by atoms with E-state index in [-0.39, 0.29) is 5.91 Å². The number of rotatable bonds is 7. The number of carbonyl (C=O) groups is 1. The number of hydrogen-bond acceptors (Lipinski definition) is 5. The Labute approximate surface area is 154 Å². The van der Waals surface area contributed by atoms with Crippen LogP contribution in [0.5, 0.6) is 17.2 Å². The van der Waals surface area contributed by atoms with E-state index in [1.807, 2.05) is 31.2 Å². The summed E-state index contributed by atoms with van der Waals surface area (Å²) in [5, 5.41) is 3.97. The number of ether oxygens (including phenoxy) is 3. The SMILES string of the molecule is CCOc1c(Br)cc(C(=O)N/N=C\c2cccc(OC)c2)cc1OC. The molecule has 1 amide bonds. The third-order valence-electron chi connectivity index (χ3n) is 3.25. The zero-order chi connectivity index (χ0) is 18.2. The standard InChI is InChI=1S/C18H19BrN2O4/c1-4-25-17-15(19)9-13(10-16(17)24-3)18(22)21-20-11-12-6-5-7-14(8-12)23-2/h5-11H,4H2,1-3H3,(H,21,22)/b20-11-. The summed E-state index contributed by atoms with van der Waals surface area (Å²) in [5.74, 6) is 1.39. The zero-order valence-electron chi connectivity index (χ0n) is 14.2. The van der Waals surface area contributed by atoms with Crippen LogP contribution in [0.25, 0.3) is 0 Å². The number of nitrogens with one attached hydrogen (secondary N) is 1. The zero-order valence-corrected chi connectivity index (χ0v) is 15.8. The quantitative estimate of drug-likeness (QED) is 0.562. The second kappa shape index (κ2) is 9.08. The maximum absolute atomic E-state index is 12.3. The largest absolute Gasteiger partial charge is 0.497 e. The van der Waals surface area contributed by atoms with Crippen LogP contribution >= 0.6 is 15.9 Å². The van der Waals surface area contributed by atoms with Gasteiger partial charge >= 0.3 is 0 Å². The Morgan fingerprint density at radius 3 is 2.72 bits per heavy atom. The Bertz CT molecular complexity index is 778. The third-order valence-corrected chi connectivity index (χ3v) is 3.84. The van der Waals surface area contributed by atoms with Crippen molar-refractivity contribution in [3.8, 4) is 17.2 Å². The molecule has 2 rings (SSSR count). The van der Waals surface area contributed by atoms with Crippen LogP contribution in [0.2, 0.25) is 0 Å². The Morgan fingerprint density at radius 1 is 1.24 bits per heavy atom. The van der Waals surface area contributed by atoms with Crippen molar-refractivity contribution in [2.24, 2.45) is 5.10 Å². The predicted octanol–water partition coefficient (Wildman–Crippen LogP) is 3.63. The van der Waals surface area contributed by atoms with Gasteiger partial charge in [0.2, 0.25) is 0 Å². The van der Waals surface area contributed by atoms with Crippen LogP contribution in [-0.2, 0) is 0 Å². The van der Waals surface area contributed by atoms with E-state index in [9.17, 15) is 4.79 Å². The minimum absolute atomic E-state index is 0.360. The fourth-order valence-corrected chi connectivity index (χ4v) is 2.64. The number of halogens is 1. The van der Waals surface area contributed by atoms with Crippen molar-refractivity contribution in [1.29, 1.82) is 0 Å². The first kappa shape index (κ1) is 18.8. The topological polar surface area (TPSA) is 69.2 Å². The molecule has 0 unspecified atom stereocenters. The van der Waals surface area contributed by atoms with Crippen LogP contribution in [0.1, 0.15) is 22.8 Å². The summed E-state index contributed by atoms with van der Waals surface area (Å²) in [6.07, 6.45) is 1.54. The average molecular weight is 407 g/mol. The molecule has 0 heterocycles. The minimum atomic E-state index is -0.360. The van der Waals surface area contributed by atoms with E-state index < -0.39 is 0 Å². The summed E-state index contributed by atoms with van der Waals surface area (Å²) in [5.41, 5.74) is 3.70. The maximum atomic E-state index is 12.3. The summed E-state index contributed by atoms with van der Waals surface area (Å²) in [4.78, 5) is 12.3. The summed E-state index contributed by atoms with van der Waals surface area (Å²) in [7, 11) is 3.11.